The third-order valence-electron chi connectivity index (χ3n) is 2.66. The second kappa shape index (κ2) is 3.13. The second-order valence-corrected chi connectivity index (χ2v) is 3.75. The normalized spacial score (nSPS) is 11.1. The monoisotopic (exact) mass is 213 g/mol. The Bertz CT molecular complexity index is 632. The van der Waals surface area contributed by atoms with E-state index in [1.807, 2.05) is 37.4 Å². The fourth-order valence-corrected chi connectivity index (χ4v) is 1.75. The Morgan fingerprint density at radius 3 is 2.88 bits per heavy atom. The smallest absolute Gasteiger partial charge is 0.133 e. The summed E-state index contributed by atoms with van der Waals surface area (Å²) in [6, 6.07) is 9.76. The lowest BCUT2D eigenvalue weighted by Gasteiger charge is -1.95. The first kappa shape index (κ1) is 9.03. The molecule has 0 aliphatic rings. The molecule has 16 heavy (non-hydrogen) atoms. The third-order valence-corrected chi connectivity index (χ3v) is 2.66. The van der Waals surface area contributed by atoms with Crippen molar-refractivity contribution in [1.82, 2.24) is 9.78 Å². The van der Waals surface area contributed by atoms with Crippen LogP contribution in [-0.4, -0.2) is 9.78 Å². The lowest BCUT2D eigenvalue weighted by Crippen LogP contribution is -1.96. The van der Waals surface area contributed by atoms with Gasteiger partial charge in [0.05, 0.1) is 12.0 Å². The molecular formula is C12H11N3O. The number of aromatic nitrogens is 2. The van der Waals surface area contributed by atoms with Gasteiger partial charge >= 0.3 is 0 Å². The molecule has 0 bridgehead atoms. The molecule has 0 radical (unpaired) electrons. The minimum atomic E-state index is 0.655. The Hall–Kier alpha value is -2.23. The van der Waals surface area contributed by atoms with Gasteiger partial charge in [-0.3, -0.25) is 4.68 Å². The topological polar surface area (TPSA) is 57.0 Å². The van der Waals surface area contributed by atoms with Crippen LogP contribution in [-0.2, 0) is 7.05 Å². The molecular weight excluding hydrogens is 202 g/mol. The first-order valence-electron chi connectivity index (χ1n) is 5.01. The molecule has 2 N–H and O–H groups in total. The molecule has 0 spiro atoms. The lowest BCUT2D eigenvalue weighted by molar-refractivity contribution is 0.616. The quantitative estimate of drug-likeness (QED) is 0.675. The van der Waals surface area contributed by atoms with Gasteiger partial charge in [-0.05, 0) is 24.3 Å². The average Bonchev–Trinajstić information content (AvgIpc) is 2.85. The number of hydrogen-bond donors (Lipinski definition) is 1. The van der Waals surface area contributed by atoms with Crippen LogP contribution in [0.15, 0.2) is 41.0 Å². The highest BCUT2D eigenvalue weighted by Gasteiger charge is 2.06. The van der Waals surface area contributed by atoms with Gasteiger partial charge in [0.15, 0.2) is 0 Å². The molecule has 0 fully saturated rings. The Kier molecular flexibility index (Phi) is 1.77. The van der Waals surface area contributed by atoms with Crippen LogP contribution < -0.4 is 5.73 Å². The molecule has 3 rings (SSSR count). The van der Waals surface area contributed by atoms with Crippen LogP contribution >= 0.6 is 0 Å². The molecule has 0 unspecified atom stereocenters. The van der Waals surface area contributed by atoms with E-state index in [4.69, 9.17) is 10.2 Å². The fourth-order valence-electron chi connectivity index (χ4n) is 1.75. The minimum Gasteiger partial charge on any atom is -0.464 e. The van der Waals surface area contributed by atoms with Gasteiger partial charge in [0, 0.05) is 24.1 Å². The Morgan fingerprint density at radius 2 is 2.12 bits per heavy atom. The molecule has 80 valence electrons. The number of hydrogen-bond acceptors (Lipinski definition) is 3. The molecule has 4 heteroatoms. The zero-order chi connectivity index (χ0) is 11.1. The van der Waals surface area contributed by atoms with Crippen molar-refractivity contribution in [2.24, 2.45) is 7.05 Å². The molecule has 0 aliphatic carbocycles. The predicted octanol–water partition coefficient (Wildman–Crippen LogP) is 2.42. The number of nitrogens with zero attached hydrogens (tertiary/aromatic N) is 2. The van der Waals surface area contributed by atoms with Gasteiger partial charge in [0.25, 0.3) is 0 Å². The van der Waals surface area contributed by atoms with Crippen molar-refractivity contribution in [1.29, 1.82) is 0 Å². The molecule has 0 atom stereocenters. The van der Waals surface area contributed by atoms with Gasteiger partial charge in [-0.25, -0.2) is 0 Å². The van der Waals surface area contributed by atoms with Crippen LogP contribution in [0.4, 0.5) is 5.82 Å². The van der Waals surface area contributed by atoms with E-state index in [1.165, 1.54) is 0 Å². The molecule has 4 nitrogen and oxygen atoms in total. The van der Waals surface area contributed by atoms with Gasteiger partial charge in [-0.2, -0.15) is 5.10 Å². The SMILES string of the molecule is Cn1nc(-c2ccc3occc3c2)cc1N. The molecule has 0 amide bonds. The predicted molar refractivity (Wildman–Crippen MR) is 62.8 cm³/mol. The van der Waals surface area contributed by atoms with E-state index in [9.17, 15) is 0 Å². The fraction of sp³-hybridized carbons (Fsp3) is 0.0833. The highest BCUT2D eigenvalue weighted by molar-refractivity contribution is 5.82. The summed E-state index contributed by atoms with van der Waals surface area (Å²) >= 11 is 0. The van der Waals surface area contributed by atoms with Crippen molar-refractivity contribution in [2.75, 3.05) is 5.73 Å². The molecule has 0 aliphatic heterocycles. The number of rotatable bonds is 1. The van der Waals surface area contributed by atoms with Gasteiger partial charge in [-0.15, -0.1) is 0 Å². The van der Waals surface area contributed by atoms with E-state index in [2.05, 4.69) is 5.10 Å². The first-order valence-corrected chi connectivity index (χ1v) is 5.01. The maximum absolute atomic E-state index is 5.75. The van der Waals surface area contributed by atoms with Crippen LogP contribution in [0.25, 0.3) is 22.2 Å². The van der Waals surface area contributed by atoms with Crippen LogP contribution in [0.3, 0.4) is 0 Å². The number of aryl methyl sites for hydroxylation is 1. The highest BCUT2D eigenvalue weighted by Crippen LogP contribution is 2.25. The summed E-state index contributed by atoms with van der Waals surface area (Å²) in [6.07, 6.45) is 1.68. The Balaban J connectivity index is 2.17. The first-order chi connectivity index (χ1) is 7.74. The van der Waals surface area contributed by atoms with Crippen molar-refractivity contribution in [2.45, 2.75) is 0 Å². The van der Waals surface area contributed by atoms with Crippen molar-refractivity contribution in [3.05, 3.63) is 36.6 Å². The second-order valence-electron chi connectivity index (χ2n) is 3.75. The Labute approximate surface area is 92.3 Å². The summed E-state index contributed by atoms with van der Waals surface area (Å²) in [6.45, 7) is 0. The molecule has 2 heterocycles. The molecule has 0 saturated heterocycles. The molecule has 2 aromatic heterocycles. The zero-order valence-electron chi connectivity index (χ0n) is 8.84. The van der Waals surface area contributed by atoms with Crippen LogP contribution in [0.2, 0.25) is 0 Å². The zero-order valence-corrected chi connectivity index (χ0v) is 8.84. The summed E-state index contributed by atoms with van der Waals surface area (Å²) < 4.78 is 6.95. The standard InChI is InChI=1S/C12H11N3O/c1-15-12(13)7-10(14-15)8-2-3-11-9(6-8)4-5-16-11/h2-7H,13H2,1H3. The van der Waals surface area contributed by atoms with Gasteiger partial charge < -0.3 is 10.2 Å². The number of anilines is 1. The van der Waals surface area contributed by atoms with Gasteiger partial charge in [-0.1, -0.05) is 0 Å². The number of fused-ring (bicyclic) bond motifs is 1. The van der Waals surface area contributed by atoms with Gasteiger partial charge in [0.2, 0.25) is 0 Å². The number of furan rings is 1. The largest absolute Gasteiger partial charge is 0.464 e. The number of nitrogens with two attached hydrogens (primary N) is 1. The molecule has 1 aromatic carbocycles. The van der Waals surface area contributed by atoms with Crippen molar-refractivity contribution in [3.63, 3.8) is 0 Å². The summed E-state index contributed by atoms with van der Waals surface area (Å²) in [5.41, 5.74) is 8.56. The Morgan fingerprint density at radius 1 is 1.25 bits per heavy atom. The van der Waals surface area contributed by atoms with Crippen LogP contribution in [0.5, 0.6) is 0 Å². The van der Waals surface area contributed by atoms with Crippen LogP contribution in [0, 0.1) is 0 Å². The van der Waals surface area contributed by atoms with E-state index < -0.39 is 0 Å². The number of nitrogen functional groups attached to an aromatic ring is 1. The maximum Gasteiger partial charge on any atom is 0.133 e. The molecule has 0 saturated carbocycles. The highest BCUT2D eigenvalue weighted by atomic mass is 16.3. The summed E-state index contributed by atoms with van der Waals surface area (Å²) in [5.74, 6) is 0.655. The third kappa shape index (κ3) is 1.27. The molecule has 3 aromatic rings. The average molecular weight is 213 g/mol. The van der Waals surface area contributed by atoms with Crippen molar-refractivity contribution >= 4 is 16.8 Å². The minimum absolute atomic E-state index is 0.655. The van der Waals surface area contributed by atoms with E-state index in [0.717, 1.165) is 22.2 Å². The van der Waals surface area contributed by atoms with Crippen molar-refractivity contribution in [3.8, 4) is 11.3 Å². The van der Waals surface area contributed by atoms with E-state index in [0.29, 0.717) is 5.82 Å². The van der Waals surface area contributed by atoms with E-state index in [1.54, 1.807) is 10.9 Å². The lowest BCUT2D eigenvalue weighted by atomic mass is 10.1. The summed E-state index contributed by atoms with van der Waals surface area (Å²) in [4.78, 5) is 0. The van der Waals surface area contributed by atoms with Gasteiger partial charge in [0.1, 0.15) is 11.4 Å². The number of benzene rings is 1. The maximum atomic E-state index is 5.75. The van der Waals surface area contributed by atoms with Crippen molar-refractivity contribution < 1.29 is 4.42 Å². The summed E-state index contributed by atoms with van der Waals surface area (Å²) in [5, 5.41) is 5.40. The van der Waals surface area contributed by atoms with E-state index in [-0.39, 0.29) is 0 Å². The summed E-state index contributed by atoms with van der Waals surface area (Å²) in [7, 11) is 1.83. The van der Waals surface area contributed by atoms with E-state index >= 15 is 0 Å². The van der Waals surface area contributed by atoms with Crippen LogP contribution in [0.1, 0.15) is 0 Å².